The molecule has 0 saturated heterocycles. The quantitative estimate of drug-likeness (QED) is 0.628. The summed E-state index contributed by atoms with van der Waals surface area (Å²) >= 11 is 0. The Morgan fingerprint density at radius 1 is 1.00 bits per heavy atom. The molecule has 0 radical (unpaired) electrons. The Morgan fingerprint density at radius 3 is 2.46 bits per heavy atom. The van der Waals surface area contributed by atoms with E-state index in [4.69, 9.17) is 5.11 Å². The molecule has 0 aliphatic heterocycles. The SMILES string of the molecule is C[C@H](CCC(=O)O)C1CCC2[C@@H]3CC[C@]4(C)C[C@H](O)CC[C@]4(C)C3CC[C@@]21C. The van der Waals surface area contributed by atoms with E-state index in [1.54, 1.807) is 0 Å². The van der Waals surface area contributed by atoms with Crippen LogP contribution >= 0.6 is 0 Å². The largest absolute Gasteiger partial charge is 0.481 e. The molecule has 0 aromatic heterocycles. The maximum Gasteiger partial charge on any atom is 0.303 e. The summed E-state index contributed by atoms with van der Waals surface area (Å²) in [5, 5.41) is 19.5. The lowest BCUT2D eigenvalue weighted by Crippen LogP contribution is -2.58. The molecule has 0 aromatic rings. The predicted octanol–water partition coefficient (Wildman–Crippen LogP) is 5.90. The molecule has 3 unspecified atom stereocenters. The van der Waals surface area contributed by atoms with E-state index in [-0.39, 0.29) is 6.10 Å². The van der Waals surface area contributed by atoms with Gasteiger partial charge in [0.15, 0.2) is 0 Å². The predicted molar refractivity (Wildman–Crippen MR) is 112 cm³/mol. The lowest BCUT2D eigenvalue weighted by Gasteiger charge is -2.65. The van der Waals surface area contributed by atoms with Crippen molar-refractivity contribution in [3.05, 3.63) is 0 Å². The van der Waals surface area contributed by atoms with Crippen LogP contribution in [0, 0.1) is 45.8 Å². The van der Waals surface area contributed by atoms with Crippen LogP contribution in [-0.2, 0) is 4.79 Å². The zero-order chi connectivity index (χ0) is 20.3. The van der Waals surface area contributed by atoms with Gasteiger partial charge in [0.2, 0.25) is 0 Å². The van der Waals surface area contributed by atoms with E-state index in [9.17, 15) is 9.90 Å². The van der Waals surface area contributed by atoms with Crippen molar-refractivity contribution in [3.63, 3.8) is 0 Å². The second kappa shape index (κ2) is 7.00. The summed E-state index contributed by atoms with van der Waals surface area (Å²) in [5.74, 6) is 3.09. The van der Waals surface area contributed by atoms with Gasteiger partial charge in [0.05, 0.1) is 6.10 Å². The van der Waals surface area contributed by atoms with Gasteiger partial charge < -0.3 is 10.2 Å². The number of carboxylic acid groups (broad SMARTS) is 1. The van der Waals surface area contributed by atoms with E-state index in [2.05, 4.69) is 27.7 Å². The van der Waals surface area contributed by atoms with Gasteiger partial charge in [-0.2, -0.15) is 0 Å². The fraction of sp³-hybridized carbons (Fsp3) is 0.960. The van der Waals surface area contributed by atoms with Gasteiger partial charge >= 0.3 is 5.97 Å². The van der Waals surface area contributed by atoms with Crippen LogP contribution in [0.25, 0.3) is 0 Å². The Kier molecular flexibility index (Phi) is 5.17. The van der Waals surface area contributed by atoms with Crippen molar-refractivity contribution in [3.8, 4) is 0 Å². The third-order valence-electron chi connectivity index (χ3n) is 10.9. The number of carboxylic acids is 1. The summed E-state index contributed by atoms with van der Waals surface area (Å²) in [6.07, 6.45) is 12.2. The molecule has 4 saturated carbocycles. The third-order valence-corrected chi connectivity index (χ3v) is 10.9. The van der Waals surface area contributed by atoms with Crippen LogP contribution in [0.15, 0.2) is 0 Å². The Balaban J connectivity index is 1.54. The normalized spacial score (nSPS) is 51.7. The molecule has 3 nitrogen and oxygen atoms in total. The van der Waals surface area contributed by atoms with E-state index in [0.29, 0.717) is 34.5 Å². The van der Waals surface area contributed by atoms with Gasteiger partial charge in [-0.1, -0.05) is 27.7 Å². The van der Waals surface area contributed by atoms with Gasteiger partial charge in [0.1, 0.15) is 0 Å². The molecular formula is C25H42O3. The Labute approximate surface area is 171 Å². The number of hydrogen-bond donors (Lipinski definition) is 2. The number of rotatable bonds is 4. The highest BCUT2D eigenvalue weighted by Crippen LogP contribution is 2.71. The number of hydrogen-bond acceptors (Lipinski definition) is 2. The lowest BCUT2D eigenvalue weighted by molar-refractivity contribution is -0.171. The van der Waals surface area contributed by atoms with Gasteiger partial charge in [-0.3, -0.25) is 4.79 Å². The van der Waals surface area contributed by atoms with Crippen molar-refractivity contribution >= 4 is 5.97 Å². The van der Waals surface area contributed by atoms with E-state index < -0.39 is 5.97 Å². The van der Waals surface area contributed by atoms with Gasteiger partial charge in [-0.15, -0.1) is 0 Å². The molecule has 3 heteroatoms. The first-order chi connectivity index (χ1) is 13.1. The van der Waals surface area contributed by atoms with Crippen LogP contribution in [0.2, 0.25) is 0 Å². The highest BCUT2D eigenvalue weighted by atomic mass is 16.4. The van der Waals surface area contributed by atoms with Crippen LogP contribution in [0.1, 0.15) is 98.3 Å². The van der Waals surface area contributed by atoms with Crippen molar-refractivity contribution in [2.24, 2.45) is 45.8 Å². The van der Waals surface area contributed by atoms with Gasteiger partial charge in [-0.05, 0) is 110 Å². The van der Waals surface area contributed by atoms with Crippen molar-refractivity contribution in [1.82, 2.24) is 0 Å². The molecule has 28 heavy (non-hydrogen) atoms. The number of carbonyl (C=O) groups is 1. The van der Waals surface area contributed by atoms with Crippen LogP contribution in [0.5, 0.6) is 0 Å². The molecule has 4 aliphatic rings. The molecule has 160 valence electrons. The Bertz CT molecular complexity index is 617. The molecule has 2 N–H and O–H groups in total. The van der Waals surface area contributed by atoms with Crippen molar-refractivity contribution < 1.29 is 15.0 Å². The first-order valence-electron chi connectivity index (χ1n) is 12.0. The number of aliphatic hydroxyl groups excluding tert-OH is 1. The van der Waals surface area contributed by atoms with Crippen LogP contribution < -0.4 is 0 Å². The maximum atomic E-state index is 11.1. The number of aliphatic carboxylic acids is 1. The first kappa shape index (κ1) is 20.7. The molecule has 0 heterocycles. The molecule has 4 fully saturated rings. The zero-order valence-electron chi connectivity index (χ0n) is 18.5. The zero-order valence-corrected chi connectivity index (χ0v) is 18.5. The second-order valence-electron chi connectivity index (χ2n) is 11.9. The number of fused-ring (bicyclic) bond motifs is 5. The average Bonchev–Trinajstić information content (AvgIpc) is 2.98. The summed E-state index contributed by atoms with van der Waals surface area (Å²) in [6, 6.07) is 0. The van der Waals surface area contributed by atoms with Crippen LogP contribution in [0.4, 0.5) is 0 Å². The average molecular weight is 391 g/mol. The molecule has 0 amide bonds. The van der Waals surface area contributed by atoms with E-state index in [0.717, 1.165) is 37.0 Å². The van der Waals surface area contributed by atoms with E-state index >= 15 is 0 Å². The molecule has 4 rings (SSSR count). The molecular weight excluding hydrogens is 348 g/mol. The Morgan fingerprint density at radius 2 is 1.75 bits per heavy atom. The van der Waals surface area contributed by atoms with Gasteiger partial charge in [-0.25, -0.2) is 0 Å². The standard InChI is InChI=1S/C25H42O3/c1-16(5-8-22(27)28)19-6-7-20-18-10-12-23(2)15-17(26)9-14-25(23,4)21(18)11-13-24(19,20)3/h16-21,26H,5-15H2,1-4H3,(H,27,28)/t16-,17-,18+,19?,20?,21?,23-,24-,25-/m1/s1. The second-order valence-corrected chi connectivity index (χ2v) is 11.9. The summed E-state index contributed by atoms with van der Waals surface area (Å²) in [6.45, 7) is 9.92. The van der Waals surface area contributed by atoms with Gasteiger partial charge in [0.25, 0.3) is 0 Å². The molecule has 9 atom stereocenters. The summed E-state index contributed by atoms with van der Waals surface area (Å²) in [5.41, 5.74) is 1.12. The lowest BCUT2D eigenvalue weighted by atomic mass is 9.40. The van der Waals surface area contributed by atoms with Crippen molar-refractivity contribution in [2.45, 2.75) is 104 Å². The van der Waals surface area contributed by atoms with Crippen molar-refractivity contribution in [2.75, 3.05) is 0 Å². The third kappa shape index (κ3) is 2.97. The summed E-state index contributed by atoms with van der Waals surface area (Å²) in [7, 11) is 0. The molecule has 0 spiro atoms. The fourth-order valence-electron chi connectivity index (χ4n) is 9.14. The fourth-order valence-corrected chi connectivity index (χ4v) is 9.14. The first-order valence-corrected chi connectivity index (χ1v) is 12.0. The minimum atomic E-state index is -0.644. The molecule has 0 aromatic carbocycles. The molecule has 0 bridgehead atoms. The van der Waals surface area contributed by atoms with Gasteiger partial charge in [0, 0.05) is 6.42 Å². The minimum absolute atomic E-state index is 0.0885. The summed E-state index contributed by atoms with van der Waals surface area (Å²) < 4.78 is 0. The van der Waals surface area contributed by atoms with Crippen LogP contribution in [-0.4, -0.2) is 22.3 Å². The summed E-state index contributed by atoms with van der Waals surface area (Å²) in [4.78, 5) is 11.1. The highest BCUT2D eigenvalue weighted by molar-refractivity contribution is 5.66. The maximum absolute atomic E-state index is 11.1. The Hall–Kier alpha value is -0.570. The van der Waals surface area contributed by atoms with Crippen LogP contribution in [0.3, 0.4) is 0 Å². The number of aliphatic hydroxyl groups is 1. The monoisotopic (exact) mass is 390 g/mol. The smallest absolute Gasteiger partial charge is 0.303 e. The van der Waals surface area contributed by atoms with E-state index in [1.165, 1.54) is 44.9 Å². The molecule has 4 aliphatic carbocycles. The van der Waals surface area contributed by atoms with Crippen molar-refractivity contribution in [1.29, 1.82) is 0 Å². The van der Waals surface area contributed by atoms with E-state index in [1.807, 2.05) is 0 Å². The highest BCUT2D eigenvalue weighted by Gasteiger charge is 2.63. The minimum Gasteiger partial charge on any atom is -0.481 e. The topological polar surface area (TPSA) is 57.5 Å².